The lowest BCUT2D eigenvalue weighted by molar-refractivity contribution is 0.453. The van der Waals surface area contributed by atoms with Crippen molar-refractivity contribution in [1.82, 2.24) is 14.8 Å². The van der Waals surface area contributed by atoms with Crippen LogP contribution in [0.5, 0.6) is 0 Å². The zero-order chi connectivity index (χ0) is 11.5. The van der Waals surface area contributed by atoms with Crippen LogP contribution in [0.15, 0.2) is 36.9 Å². The van der Waals surface area contributed by atoms with Crippen LogP contribution < -0.4 is 5.73 Å². The lowest BCUT2D eigenvalue weighted by Crippen LogP contribution is -2.30. The maximum Gasteiger partial charge on any atom is 0.0917 e. The van der Waals surface area contributed by atoms with Crippen molar-refractivity contribution in [3.05, 3.63) is 48.0 Å². The van der Waals surface area contributed by atoms with Crippen LogP contribution in [-0.2, 0) is 0 Å². The lowest BCUT2D eigenvalue weighted by atomic mass is 10.0. The van der Waals surface area contributed by atoms with Crippen molar-refractivity contribution in [2.45, 2.75) is 25.9 Å². The Hall–Kier alpha value is -1.68. The molecular weight excluding hydrogens is 200 g/mol. The van der Waals surface area contributed by atoms with Crippen LogP contribution >= 0.6 is 0 Å². The summed E-state index contributed by atoms with van der Waals surface area (Å²) in [5.41, 5.74) is 8.30. The minimum atomic E-state index is 0.00157. The normalized spacial score (nSPS) is 14.7. The molecule has 0 aromatic carbocycles. The number of hydrogen-bond donors (Lipinski definition) is 1. The maximum atomic E-state index is 6.03. The molecule has 2 aromatic rings. The zero-order valence-electron chi connectivity index (χ0n) is 9.54. The van der Waals surface area contributed by atoms with E-state index in [1.54, 1.807) is 12.4 Å². The van der Waals surface area contributed by atoms with E-state index in [2.05, 4.69) is 10.1 Å². The summed E-state index contributed by atoms with van der Waals surface area (Å²) in [6, 6.07) is 4.02. The Morgan fingerprint density at radius 1 is 1.31 bits per heavy atom. The van der Waals surface area contributed by atoms with Gasteiger partial charge in [-0.15, -0.1) is 0 Å². The van der Waals surface area contributed by atoms with Crippen molar-refractivity contribution in [3.8, 4) is 0 Å². The van der Waals surface area contributed by atoms with Gasteiger partial charge in [-0.3, -0.25) is 9.67 Å². The molecule has 0 saturated heterocycles. The van der Waals surface area contributed by atoms with Gasteiger partial charge in [-0.2, -0.15) is 5.10 Å². The number of nitrogens with zero attached hydrogens (tertiary/aromatic N) is 3. The standard InChI is InChI=1S/C12H16N4/c1-9-7-15-16(8-9)12(10(2)13)11-3-5-14-6-4-11/h3-8,10,12H,13H2,1-2H3. The molecule has 2 rings (SSSR count). The average Bonchev–Trinajstić information content (AvgIpc) is 2.66. The Morgan fingerprint density at radius 2 is 2.00 bits per heavy atom. The van der Waals surface area contributed by atoms with Gasteiger partial charge in [0.2, 0.25) is 0 Å². The predicted molar refractivity (Wildman–Crippen MR) is 63.0 cm³/mol. The second-order valence-electron chi connectivity index (χ2n) is 4.08. The van der Waals surface area contributed by atoms with Gasteiger partial charge < -0.3 is 5.73 Å². The fourth-order valence-corrected chi connectivity index (χ4v) is 1.84. The number of pyridine rings is 1. The molecule has 0 saturated carbocycles. The quantitative estimate of drug-likeness (QED) is 0.846. The first-order chi connectivity index (χ1) is 7.68. The fraction of sp³-hybridized carbons (Fsp3) is 0.333. The Morgan fingerprint density at radius 3 is 2.50 bits per heavy atom. The first-order valence-corrected chi connectivity index (χ1v) is 5.35. The maximum absolute atomic E-state index is 6.03. The van der Waals surface area contributed by atoms with Crippen molar-refractivity contribution in [3.63, 3.8) is 0 Å². The number of aromatic nitrogens is 3. The van der Waals surface area contributed by atoms with Crippen molar-refractivity contribution in [2.24, 2.45) is 5.73 Å². The van der Waals surface area contributed by atoms with E-state index in [-0.39, 0.29) is 12.1 Å². The summed E-state index contributed by atoms with van der Waals surface area (Å²) < 4.78 is 1.91. The minimum Gasteiger partial charge on any atom is -0.326 e. The van der Waals surface area contributed by atoms with Crippen LogP contribution in [0, 0.1) is 6.92 Å². The summed E-state index contributed by atoms with van der Waals surface area (Å²) in [7, 11) is 0. The van der Waals surface area contributed by atoms with Crippen LogP contribution in [-0.4, -0.2) is 20.8 Å². The molecule has 2 aromatic heterocycles. The second-order valence-corrected chi connectivity index (χ2v) is 4.08. The Bertz CT molecular complexity index is 447. The smallest absolute Gasteiger partial charge is 0.0917 e. The SMILES string of the molecule is Cc1cnn(C(c2ccncc2)C(C)N)c1. The molecule has 16 heavy (non-hydrogen) atoms. The van der Waals surface area contributed by atoms with Gasteiger partial charge in [-0.25, -0.2) is 0 Å². The zero-order valence-corrected chi connectivity index (χ0v) is 9.54. The third kappa shape index (κ3) is 2.12. The Kier molecular flexibility index (Phi) is 3.01. The van der Waals surface area contributed by atoms with Crippen molar-refractivity contribution in [2.75, 3.05) is 0 Å². The van der Waals surface area contributed by atoms with Crippen LogP contribution in [0.25, 0.3) is 0 Å². The van der Waals surface area contributed by atoms with Crippen molar-refractivity contribution >= 4 is 0 Å². The lowest BCUT2D eigenvalue weighted by Gasteiger charge is -2.21. The van der Waals surface area contributed by atoms with Gasteiger partial charge >= 0.3 is 0 Å². The number of nitrogens with two attached hydrogens (primary N) is 1. The molecule has 2 unspecified atom stereocenters. The average molecular weight is 216 g/mol. The van der Waals surface area contributed by atoms with E-state index >= 15 is 0 Å². The third-order valence-electron chi connectivity index (χ3n) is 2.56. The molecule has 2 N–H and O–H groups in total. The monoisotopic (exact) mass is 216 g/mol. The molecule has 0 spiro atoms. The summed E-state index contributed by atoms with van der Waals surface area (Å²) in [6.45, 7) is 4.01. The van der Waals surface area contributed by atoms with E-state index < -0.39 is 0 Å². The van der Waals surface area contributed by atoms with Gasteiger partial charge in [0.1, 0.15) is 0 Å². The van der Waals surface area contributed by atoms with Crippen LogP contribution in [0.4, 0.5) is 0 Å². The summed E-state index contributed by atoms with van der Waals surface area (Å²) >= 11 is 0. The van der Waals surface area contributed by atoms with E-state index in [0.717, 1.165) is 11.1 Å². The van der Waals surface area contributed by atoms with E-state index in [9.17, 15) is 0 Å². The predicted octanol–water partition coefficient (Wildman–Crippen LogP) is 1.52. The largest absolute Gasteiger partial charge is 0.326 e. The van der Waals surface area contributed by atoms with Gasteiger partial charge in [0.25, 0.3) is 0 Å². The Labute approximate surface area is 95.1 Å². The molecule has 4 heteroatoms. The highest BCUT2D eigenvalue weighted by Gasteiger charge is 2.18. The first-order valence-electron chi connectivity index (χ1n) is 5.35. The van der Waals surface area contributed by atoms with E-state index in [4.69, 9.17) is 5.73 Å². The third-order valence-corrected chi connectivity index (χ3v) is 2.56. The fourth-order valence-electron chi connectivity index (χ4n) is 1.84. The highest BCUT2D eigenvalue weighted by molar-refractivity contribution is 5.18. The van der Waals surface area contributed by atoms with Crippen LogP contribution in [0.3, 0.4) is 0 Å². The molecule has 2 atom stereocenters. The highest BCUT2D eigenvalue weighted by atomic mass is 15.3. The van der Waals surface area contributed by atoms with Gasteiger partial charge in [-0.05, 0) is 37.1 Å². The number of rotatable bonds is 3. The molecule has 0 aliphatic carbocycles. The molecular formula is C12H16N4. The second kappa shape index (κ2) is 4.45. The van der Waals surface area contributed by atoms with E-state index in [0.29, 0.717) is 0 Å². The molecule has 0 fully saturated rings. The number of aryl methyl sites for hydroxylation is 1. The van der Waals surface area contributed by atoms with Crippen molar-refractivity contribution in [1.29, 1.82) is 0 Å². The van der Waals surface area contributed by atoms with E-state index in [1.807, 2.05) is 43.1 Å². The van der Waals surface area contributed by atoms with E-state index in [1.165, 1.54) is 0 Å². The van der Waals surface area contributed by atoms with Crippen LogP contribution in [0.1, 0.15) is 24.1 Å². The molecule has 0 bridgehead atoms. The van der Waals surface area contributed by atoms with Gasteiger partial charge in [-0.1, -0.05) is 0 Å². The molecule has 0 amide bonds. The summed E-state index contributed by atoms with van der Waals surface area (Å²) in [5, 5.41) is 4.33. The van der Waals surface area contributed by atoms with Gasteiger partial charge in [0, 0.05) is 24.6 Å². The minimum absolute atomic E-state index is 0.00157. The Balaban J connectivity index is 2.39. The highest BCUT2D eigenvalue weighted by Crippen LogP contribution is 2.19. The summed E-state index contributed by atoms with van der Waals surface area (Å²) in [6.07, 6.45) is 7.41. The first kappa shape index (κ1) is 10.8. The van der Waals surface area contributed by atoms with Gasteiger partial charge in [0.15, 0.2) is 0 Å². The molecule has 4 nitrogen and oxygen atoms in total. The molecule has 2 heterocycles. The number of hydrogen-bond acceptors (Lipinski definition) is 3. The summed E-state index contributed by atoms with van der Waals surface area (Å²) in [4.78, 5) is 4.02. The van der Waals surface area contributed by atoms with Crippen LogP contribution in [0.2, 0.25) is 0 Å². The molecule has 0 aliphatic heterocycles. The summed E-state index contributed by atoms with van der Waals surface area (Å²) in [5.74, 6) is 0. The molecule has 84 valence electrons. The van der Waals surface area contributed by atoms with Crippen molar-refractivity contribution < 1.29 is 0 Å². The topological polar surface area (TPSA) is 56.7 Å². The molecule has 0 radical (unpaired) electrons. The molecule has 0 aliphatic rings. The van der Waals surface area contributed by atoms with Gasteiger partial charge in [0.05, 0.1) is 12.2 Å².